The van der Waals surface area contributed by atoms with E-state index in [9.17, 15) is 4.79 Å². The van der Waals surface area contributed by atoms with Crippen LogP contribution in [0.2, 0.25) is 0 Å². The molecule has 0 fully saturated rings. The number of aliphatic carboxylic acids is 1. The highest BCUT2D eigenvalue weighted by Gasteiger charge is 2.20. The van der Waals surface area contributed by atoms with E-state index in [-0.39, 0.29) is 0 Å². The van der Waals surface area contributed by atoms with Crippen LogP contribution in [0.3, 0.4) is 0 Å². The van der Waals surface area contributed by atoms with Gasteiger partial charge in [0, 0.05) is 11.1 Å². The van der Waals surface area contributed by atoms with Crippen molar-refractivity contribution in [2.45, 2.75) is 19.3 Å². The largest absolute Gasteiger partial charge is 0.481 e. The summed E-state index contributed by atoms with van der Waals surface area (Å²) in [5.41, 5.74) is 6.94. The Hall–Kier alpha value is -1.03. The number of nitrogens with two attached hydrogens (primary N) is 1. The van der Waals surface area contributed by atoms with Crippen LogP contribution in [0.5, 0.6) is 0 Å². The van der Waals surface area contributed by atoms with Gasteiger partial charge in [-0.25, -0.2) is 0 Å². The highest BCUT2D eigenvalue weighted by molar-refractivity contribution is 7.08. The van der Waals surface area contributed by atoms with Gasteiger partial charge in [0.1, 0.15) is 0 Å². The molecule has 0 aliphatic carbocycles. The first-order valence-corrected chi connectivity index (χ1v) is 4.65. The van der Waals surface area contributed by atoms with Crippen LogP contribution in [0.4, 0.5) is 5.69 Å². The van der Waals surface area contributed by atoms with Gasteiger partial charge in [-0.05, 0) is 17.4 Å². The van der Waals surface area contributed by atoms with Crippen molar-refractivity contribution in [1.29, 1.82) is 0 Å². The predicted octanol–water partition coefficient (Wildman–Crippen LogP) is 1.91. The first-order valence-electron chi connectivity index (χ1n) is 3.71. The number of thiophene rings is 1. The van der Waals surface area contributed by atoms with Crippen molar-refractivity contribution in [2.24, 2.45) is 0 Å². The second-order valence-electron chi connectivity index (χ2n) is 2.58. The van der Waals surface area contributed by atoms with Crippen LogP contribution in [0, 0.1) is 0 Å². The van der Waals surface area contributed by atoms with Crippen molar-refractivity contribution in [1.82, 2.24) is 0 Å². The Morgan fingerprint density at radius 3 is 2.75 bits per heavy atom. The summed E-state index contributed by atoms with van der Waals surface area (Å²) in [4.78, 5) is 10.7. The number of rotatable bonds is 3. The molecule has 0 spiro atoms. The normalized spacial score (nSPS) is 12.8. The molecule has 1 rings (SSSR count). The standard InChI is InChI=1S/C8H11NO2S/c1-2-5(8(10)11)6-3-12-4-7(6)9/h3-5H,2,9H2,1H3,(H,10,11). The zero-order valence-corrected chi connectivity index (χ0v) is 7.60. The monoisotopic (exact) mass is 185 g/mol. The Kier molecular flexibility index (Phi) is 2.70. The summed E-state index contributed by atoms with van der Waals surface area (Å²) >= 11 is 1.44. The van der Waals surface area contributed by atoms with E-state index in [1.165, 1.54) is 11.3 Å². The maximum absolute atomic E-state index is 10.7. The molecule has 12 heavy (non-hydrogen) atoms. The molecule has 3 N–H and O–H groups in total. The van der Waals surface area contributed by atoms with Crippen LogP contribution >= 0.6 is 11.3 Å². The Labute approximate surface area is 74.8 Å². The summed E-state index contributed by atoms with van der Waals surface area (Å²) in [7, 11) is 0. The number of anilines is 1. The van der Waals surface area contributed by atoms with E-state index in [2.05, 4.69) is 0 Å². The topological polar surface area (TPSA) is 63.3 Å². The molecule has 1 atom stereocenters. The fourth-order valence-corrected chi connectivity index (χ4v) is 1.93. The summed E-state index contributed by atoms with van der Waals surface area (Å²) in [6, 6.07) is 0. The number of carboxylic acids is 1. The average molecular weight is 185 g/mol. The molecule has 0 amide bonds. The lowest BCUT2D eigenvalue weighted by molar-refractivity contribution is -0.138. The van der Waals surface area contributed by atoms with Gasteiger partial charge >= 0.3 is 5.97 Å². The molecule has 0 aliphatic rings. The fourth-order valence-electron chi connectivity index (χ4n) is 1.13. The Morgan fingerprint density at radius 2 is 2.42 bits per heavy atom. The molecule has 0 aliphatic heterocycles. The Balaban J connectivity index is 2.94. The van der Waals surface area contributed by atoms with E-state index in [4.69, 9.17) is 10.8 Å². The van der Waals surface area contributed by atoms with E-state index in [1.807, 2.05) is 6.92 Å². The maximum atomic E-state index is 10.7. The summed E-state index contributed by atoms with van der Waals surface area (Å²) < 4.78 is 0. The predicted molar refractivity (Wildman–Crippen MR) is 49.4 cm³/mol. The van der Waals surface area contributed by atoms with Crippen LogP contribution in [0.1, 0.15) is 24.8 Å². The highest BCUT2D eigenvalue weighted by Crippen LogP contribution is 2.28. The minimum atomic E-state index is -0.803. The Bertz CT molecular complexity index is 282. The van der Waals surface area contributed by atoms with Crippen molar-refractivity contribution in [3.63, 3.8) is 0 Å². The van der Waals surface area contributed by atoms with Crippen LogP contribution in [-0.2, 0) is 4.79 Å². The molecule has 0 saturated carbocycles. The molecule has 0 radical (unpaired) electrons. The molecule has 3 nitrogen and oxygen atoms in total. The molecule has 66 valence electrons. The molecule has 1 aromatic rings. The average Bonchev–Trinajstić information content (AvgIpc) is 2.38. The van der Waals surface area contributed by atoms with Crippen molar-refractivity contribution in [3.05, 3.63) is 16.3 Å². The van der Waals surface area contributed by atoms with Crippen molar-refractivity contribution in [3.8, 4) is 0 Å². The first kappa shape index (κ1) is 9.06. The third kappa shape index (κ3) is 1.58. The van der Waals surface area contributed by atoms with E-state index >= 15 is 0 Å². The molecule has 1 heterocycles. The van der Waals surface area contributed by atoms with Gasteiger partial charge < -0.3 is 10.8 Å². The number of carboxylic acid groups (broad SMARTS) is 1. The molecular formula is C8H11NO2S. The van der Waals surface area contributed by atoms with Gasteiger partial charge in [0.2, 0.25) is 0 Å². The molecule has 0 aromatic carbocycles. The summed E-state index contributed by atoms with van der Waals surface area (Å²) in [6.07, 6.45) is 0.580. The molecule has 1 unspecified atom stereocenters. The van der Waals surface area contributed by atoms with Crippen LogP contribution in [0.25, 0.3) is 0 Å². The van der Waals surface area contributed by atoms with Gasteiger partial charge in [-0.1, -0.05) is 6.92 Å². The van der Waals surface area contributed by atoms with Gasteiger partial charge in [-0.2, -0.15) is 0 Å². The lowest BCUT2D eigenvalue weighted by Crippen LogP contribution is -2.10. The number of carbonyl (C=O) groups is 1. The van der Waals surface area contributed by atoms with Crippen LogP contribution in [0.15, 0.2) is 10.8 Å². The highest BCUT2D eigenvalue weighted by atomic mass is 32.1. The van der Waals surface area contributed by atoms with Crippen LogP contribution in [-0.4, -0.2) is 11.1 Å². The van der Waals surface area contributed by atoms with E-state index in [0.717, 1.165) is 5.56 Å². The molecular weight excluding hydrogens is 174 g/mol. The lowest BCUT2D eigenvalue weighted by atomic mass is 9.99. The van der Waals surface area contributed by atoms with Crippen molar-refractivity contribution in [2.75, 3.05) is 5.73 Å². The van der Waals surface area contributed by atoms with Gasteiger partial charge in [-0.3, -0.25) is 4.79 Å². The van der Waals surface area contributed by atoms with Gasteiger partial charge in [0.05, 0.1) is 5.92 Å². The fraction of sp³-hybridized carbons (Fsp3) is 0.375. The second kappa shape index (κ2) is 3.58. The van der Waals surface area contributed by atoms with Gasteiger partial charge in [0.15, 0.2) is 0 Å². The third-order valence-electron chi connectivity index (χ3n) is 1.81. The number of nitrogen functional groups attached to an aromatic ring is 1. The van der Waals surface area contributed by atoms with E-state index < -0.39 is 11.9 Å². The smallest absolute Gasteiger partial charge is 0.311 e. The Morgan fingerprint density at radius 1 is 1.75 bits per heavy atom. The number of hydrogen-bond donors (Lipinski definition) is 2. The summed E-state index contributed by atoms with van der Waals surface area (Å²) in [6.45, 7) is 1.84. The quantitative estimate of drug-likeness (QED) is 0.756. The summed E-state index contributed by atoms with van der Waals surface area (Å²) in [5.74, 6) is -1.25. The minimum absolute atomic E-state index is 0.448. The zero-order valence-electron chi connectivity index (χ0n) is 6.78. The van der Waals surface area contributed by atoms with E-state index in [1.54, 1.807) is 10.8 Å². The van der Waals surface area contributed by atoms with Crippen molar-refractivity contribution < 1.29 is 9.90 Å². The summed E-state index contributed by atoms with van der Waals surface area (Å²) in [5, 5.41) is 12.4. The van der Waals surface area contributed by atoms with E-state index in [0.29, 0.717) is 12.1 Å². The molecule has 0 saturated heterocycles. The zero-order chi connectivity index (χ0) is 9.14. The third-order valence-corrected chi connectivity index (χ3v) is 2.59. The number of hydrogen-bond acceptors (Lipinski definition) is 3. The maximum Gasteiger partial charge on any atom is 0.311 e. The molecule has 4 heteroatoms. The molecule has 1 aromatic heterocycles. The second-order valence-corrected chi connectivity index (χ2v) is 3.33. The SMILES string of the molecule is CCC(C(=O)O)c1cscc1N. The first-order chi connectivity index (χ1) is 5.66. The van der Waals surface area contributed by atoms with Gasteiger partial charge in [-0.15, -0.1) is 11.3 Å². The minimum Gasteiger partial charge on any atom is -0.481 e. The van der Waals surface area contributed by atoms with Crippen LogP contribution < -0.4 is 5.73 Å². The van der Waals surface area contributed by atoms with Gasteiger partial charge in [0.25, 0.3) is 0 Å². The lowest BCUT2D eigenvalue weighted by Gasteiger charge is -2.07. The van der Waals surface area contributed by atoms with Crippen molar-refractivity contribution >= 4 is 23.0 Å². The molecule has 0 bridgehead atoms.